The van der Waals surface area contributed by atoms with Crippen molar-refractivity contribution in [1.29, 1.82) is 0 Å². The first-order valence-electron chi connectivity index (χ1n) is 7.55. The number of ether oxygens (including phenoxy) is 2. The Labute approximate surface area is 138 Å². The highest BCUT2D eigenvalue weighted by atomic mass is 32.2. The molecule has 1 aliphatic rings. The van der Waals surface area contributed by atoms with Crippen LogP contribution in [-0.4, -0.2) is 48.5 Å². The first-order chi connectivity index (χ1) is 10.7. The summed E-state index contributed by atoms with van der Waals surface area (Å²) in [5.74, 6) is 0. The fourth-order valence-electron chi connectivity index (χ4n) is 2.21. The Hall–Kier alpha value is -1.60. The summed E-state index contributed by atoms with van der Waals surface area (Å²) in [4.78, 5) is 14.5. The number of amides is 1. The molecule has 0 saturated carbocycles. The van der Waals surface area contributed by atoms with Crippen molar-refractivity contribution in [2.75, 3.05) is 37.5 Å². The van der Waals surface area contributed by atoms with Crippen molar-refractivity contribution in [3.05, 3.63) is 24.3 Å². The number of carbonyl (C=O) groups is 1. The molecule has 1 aliphatic heterocycles. The second-order valence-corrected chi connectivity index (χ2v) is 8.73. The van der Waals surface area contributed by atoms with Gasteiger partial charge in [0.2, 0.25) is 0 Å². The van der Waals surface area contributed by atoms with Gasteiger partial charge in [0.25, 0.3) is 0 Å². The molecule has 0 radical (unpaired) electrons. The van der Waals surface area contributed by atoms with E-state index in [0.717, 1.165) is 18.8 Å². The van der Waals surface area contributed by atoms with E-state index in [1.54, 1.807) is 32.9 Å². The molecule has 2 rings (SSSR count). The van der Waals surface area contributed by atoms with Crippen LogP contribution in [0.2, 0.25) is 0 Å². The summed E-state index contributed by atoms with van der Waals surface area (Å²) >= 11 is 0. The zero-order chi connectivity index (χ0) is 17.1. The number of hydrogen-bond acceptors (Lipinski definition) is 5. The van der Waals surface area contributed by atoms with Gasteiger partial charge in [0, 0.05) is 29.9 Å². The third-order valence-electron chi connectivity index (χ3n) is 3.29. The molecular formula is C16H24N2O4S. The monoisotopic (exact) mass is 340 g/mol. The highest BCUT2D eigenvalue weighted by Crippen LogP contribution is 2.20. The maximum absolute atomic E-state index is 12.7. The molecule has 0 bridgehead atoms. The first kappa shape index (κ1) is 17.7. The summed E-state index contributed by atoms with van der Waals surface area (Å²) < 4.78 is 26.8. The molecule has 23 heavy (non-hydrogen) atoms. The number of hydrogen-bond donors (Lipinski definition) is 0. The molecule has 1 heterocycles. The summed E-state index contributed by atoms with van der Waals surface area (Å²) in [7, 11) is -2.82. The van der Waals surface area contributed by atoms with Crippen LogP contribution in [-0.2, 0) is 19.2 Å². The van der Waals surface area contributed by atoms with E-state index in [-0.39, 0.29) is 0 Å². The van der Waals surface area contributed by atoms with Crippen LogP contribution in [0, 0.1) is 0 Å². The van der Waals surface area contributed by atoms with E-state index in [9.17, 15) is 9.00 Å². The molecule has 1 aromatic rings. The van der Waals surface area contributed by atoms with Crippen LogP contribution in [0.25, 0.3) is 0 Å². The van der Waals surface area contributed by atoms with Gasteiger partial charge in [-0.1, -0.05) is 0 Å². The maximum atomic E-state index is 12.7. The quantitative estimate of drug-likeness (QED) is 0.828. The minimum absolute atomic E-state index is 0.514. The Morgan fingerprint density at radius 3 is 2.30 bits per heavy atom. The summed E-state index contributed by atoms with van der Waals surface area (Å²) in [6, 6.07) is 7.30. The van der Waals surface area contributed by atoms with Gasteiger partial charge in [0.05, 0.1) is 22.9 Å². The molecule has 128 valence electrons. The fraction of sp³-hybridized carbons (Fsp3) is 0.562. The molecule has 1 atom stereocenters. The molecule has 1 aromatic carbocycles. The molecule has 0 aromatic heterocycles. The van der Waals surface area contributed by atoms with Gasteiger partial charge < -0.3 is 14.4 Å². The van der Waals surface area contributed by atoms with Gasteiger partial charge in [-0.3, -0.25) is 0 Å². The average Bonchev–Trinajstić information content (AvgIpc) is 2.45. The van der Waals surface area contributed by atoms with Crippen molar-refractivity contribution in [3.63, 3.8) is 0 Å². The van der Waals surface area contributed by atoms with E-state index in [1.807, 2.05) is 12.1 Å². The minimum atomic E-state index is -2.82. The van der Waals surface area contributed by atoms with Crippen LogP contribution in [0.3, 0.4) is 0 Å². The van der Waals surface area contributed by atoms with Crippen molar-refractivity contribution in [2.45, 2.75) is 31.3 Å². The molecule has 0 spiro atoms. The summed E-state index contributed by atoms with van der Waals surface area (Å²) in [5.41, 5.74) is 0.389. The zero-order valence-corrected chi connectivity index (χ0v) is 14.9. The summed E-state index contributed by atoms with van der Waals surface area (Å²) in [5, 5.41) is 0. The predicted octanol–water partition coefficient (Wildman–Crippen LogP) is 2.92. The van der Waals surface area contributed by atoms with Gasteiger partial charge in [0.1, 0.15) is 5.60 Å². The largest absolute Gasteiger partial charge is 0.442 e. The second kappa shape index (κ2) is 6.88. The van der Waals surface area contributed by atoms with E-state index in [0.29, 0.717) is 18.1 Å². The number of benzene rings is 1. The zero-order valence-electron chi connectivity index (χ0n) is 14.1. The van der Waals surface area contributed by atoms with E-state index < -0.39 is 21.4 Å². The van der Waals surface area contributed by atoms with Crippen molar-refractivity contribution in [1.82, 2.24) is 0 Å². The average molecular weight is 340 g/mol. The number of nitrogens with zero attached hydrogens (tertiary/aromatic N) is 2. The highest BCUT2D eigenvalue weighted by Gasteiger charge is 2.18. The lowest BCUT2D eigenvalue weighted by molar-refractivity contribution is 0.0607. The SMILES string of the molecule is CC(C)(C)OC(=O)N=S(C)(=O)c1ccc(N2CCOCC2)cc1. The fourth-order valence-corrected chi connectivity index (χ4v) is 3.27. The van der Waals surface area contributed by atoms with Gasteiger partial charge in [0.15, 0.2) is 0 Å². The number of anilines is 1. The Bertz CT molecular complexity index is 664. The van der Waals surface area contributed by atoms with E-state index in [2.05, 4.69) is 9.26 Å². The van der Waals surface area contributed by atoms with Crippen LogP contribution in [0.1, 0.15) is 20.8 Å². The highest BCUT2D eigenvalue weighted by molar-refractivity contribution is 7.93. The van der Waals surface area contributed by atoms with Crippen LogP contribution < -0.4 is 4.90 Å². The molecule has 1 saturated heterocycles. The van der Waals surface area contributed by atoms with Gasteiger partial charge in [-0.05, 0) is 45.0 Å². The van der Waals surface area contributed by atoms with Crippen molar-refractivity contribution in [3.8, 4) is 0 Å². The smallest absolute Gasteiger partial charge is 0.442 e. The van der Waals surface area contributed by atoms with Crippen LogP contribution in [0.5, 0.6) is 0 Å². The van der Waals surface area contributed by atoms with Gasteiger partial charge >= 0.3 is 6.09 Å². The second-order valence-electron chi connectivity index (χ2n) is 6.47. The number of morpholine rings is 1. The predicted molar refractivity (Wildman–Crippen MR) is 90.5 cm³/mol. The molecule has 1 amide bonds. The Morgan fingerprint density at radius 1 is 1.22 bits per heavy atom. The van der Waals surface area contributed by atoms with Gasteiger partial charge in [-0.15, -0.1) is 4.36 Å². The molecule has 0 N–H and O–H groups in total. The lowest BCUT2D eigenvalue weighted by Gasteiger charge is -2.28. The lowest BCUT2D eigenvalue weighted by atomic mass is 10.2. The van der Waals surface area contributed by atoms with E-state index >= 15 is 0 Å². The maximum Gasteiger partial charge on any atom is 0.442 e. The normalized spacial score (nSPS) is 18.2. The first-order valence-corrected chi connectivity index (χ1v) is 9.48. The van der Waals surface area contributed by atoms with Crippen molar-refractivity contribution < 1.29 is 18.5 Å². The number of rotatable bonds is 2. The van der Waals surface area contributed by atoms with Crippen LogP contribution in [0.4, 0.5) is 10.5 Å². The van der Waals surface area contributed by atoms with Crippen molar-refractivity contribution in [2.24, 2.45) is 4.36 Å². The molecule has 1 unspecified atom stereocenters. The Morgan fingerprint density at radius 2 is 1.78 bits per heavy atom. The van der Waals surface area contributed by atoms with Gasteiger partial charge in [-0.25, -0.2) is 9.00 Å². The molecule has 1 fully saturated rings. The summed E-state index contributed by atoms with van der Waals surface area (Å²) in [6.07, 6.45) is 0.642. The van der Waals surface area contributed by atoms with Crippen LogP contribution >= 0.6 is 0 Å². The Balaban J connectivity index is 2.16. The standard InChI is InChI=1S/C16H24N2O4S/c1-16(2,3)22-15(19)17-23(4,20)14-7-5-13(6-8-14)18-9-11-21-12-10-18/h5-8H,9-12H2,1-4H3. The van der Waals surface area contributed by atoms with E-state index in [4.69, 9.17) is 9.47 Å². The third-order valence-corrected chi connectivity index (χ3v) is 4.94. The lowest BCUT2D eigenvalue weighted by Crippen LogP contribution is -2.36. The minimum Gasteiger partial charge on any atom is -0.442 e. The third kappa shape index (κ3) is 5.21. The molecular weight excluding hydrogens is 316 g/mol. The Kier molecular flexibility index (Phi) is 5.31. The molecule has 6 nitrogen and oxygen atoms in total. The topological polar surface area (TPSA) is 68.2 Å². The number of carbonyl (C=O) groups excluding carboxylic acids is 1. The van der Waals surface area contributed by atoms with Gasteiger partial charge in [-0.2, -0.15) is 0 Å². The molecule has 0 aliphatic carbocycles. The summed E-state index contributed by atoms with van der Waals surface area (Å²) in [6.45, 7) is 8.33. The molecule has 7 heteroatoms. The van der Waals surface area contributed by atoms with Crippen molar-refractivity contribution >= 4 is 21.5 Å². The van der Waals surface area contributed by atoms with Crippen LogP contribution in [0.15, 0.2) is 33.5 Å². The van der Waals surface area contributed by atoms with E-state index in [1.165, 1.54) is 6.26 Å².